The van der Waals surface area contributed by atoms with Gasteiger partial charge in [-0.2, -0.15) is 13.2 Å². The summed E-state index contributed by atoms with van der Waals surface area (Å²) in [5.41, 5.74) is -0.162. The monoisotopic (exact) mass is 710 g/mol. The summed E-state index contributed by atoms with van der Waals surface area (Å²) in [7, 11) is -4.30. The van der Waals surface area contributed by atoms with Crippen molar-refractivity contribution in [3.63, 3.8) is 0 Å². The number of halogens is 5. The Kier molecular flexibility index (Phi) is 11.3. The van der Waals surface area contributed by atoms with Crippen LogP contribution in [0.2, 0.25) is 36.3 Å². The van der Waals surface area contributed by atoms with Gasteiger partial charge >= 0.3 is 6.18 Å². The SMILES string of the molecule is CC(C)(C)[Si](C)(C)OCC[C@@H](O[Si](C)(C)C(C)(C)C)c1cc(F)c(CN[C@@H]2CC[C@H]2Oc2ccc(F)c(C(F)(F)F)c2)c2ccncc12. The van der Waals surface area contributed by atoms with Crippen LogP contribution in [0.4, 0.5) is 22.0 Å². The van der Waals surface area contributed by atoms with Gasteiger partial charge in [-0.05, 0) is 96.8 Å². The van der Waals surface area contributed by atoms with Crippen LogP contribution in [0.5, 0.6) is 5.75 Å². The highest BCUT2D eigenvalue weighted by atomic mass is 28.4. The minimum Gasteiger partial charge on any atom is -0.489 e. The molecule has 0 unspecified atom stereocenters. The molecule has 12 heteroatoms. The Balaban J connectivity index is 1.58. The number of nitrogens with zero attached hydrogens (tertiary/aromatic N) is 1. The van der Waals surface area contributed by atoms with Gasteiger partial charge in [0.15, 0.2) is 16.6 Å². The summed E-state index contributed by atoms with van der Waals surface area (Å²) in [5.74, 6) is -1.79. The standard InChI is InChI=1S/C36H51F5N2O3Si2/c1-34(2,3)47(7,8)44-18-16-32(46-48(9,10)35(4,5)6)25-20-30(38)27(24-15-17-42-21-26(24)25)22-43-31-13-14-33(31)45-23-11-12-29(37)28(19-23)36(39,40)41/h11-12,15,17,19-21,31-33,43H,13-14,16,18,22H2,1-10H3/t31-,32-,33-/m1/s1. The molecule has 1 heterocycles. The maximum Gasteiger partial charge on any atom is 0.419 e. The van der Waals surface area contributed by atoms with Crippen molar-refractivity contribution in [3.8, 4) is 5.75 Å². The lowest BCUT2D eigenvalue weighted by Gasteiger charge is -2.40. The third-order valence-corrected chi connectivity index (χ3v) is 19.6. The summed E-state index contributed by atoms with van der Waals surface area (Å²) in [6, 6.07) is 5.79. The van der Waals surface area contributed by atoms with Crippen LogP contribution in [0.25, 0.3) is 10.8 Å². The molecule has 0 saturated heterocycles. The fourth-order valence-electron chi connectivity index (χ4n) is 5.26. The molecule has 1 aliphatic rings. The van der Waals surface area contributed by atoms with E-state index < -0.39 is 46.4 Å². The van der Waals surface area contributed by atoms with E-state index in [1.54, 1.807) is 24.5 Å². The lowest BCUT2D eigenvalue weighted by atomic mass is 9.88. The Bertz CT molecular complexity index is 1580. The van der Waals surface area contributed by atoms with E-state index in [1.165, 1.54) is 6.07 Å². The Labute approximate surface area is 284 Å². The molecule has 0 spiro atoms. The molecule has 266 valence electrons. The molecule has 5 nitrogen and oxygen atoms in total. The van der Waals surface area contributed by atoms with E-state index in [0.717, 1.165) is 17.0 Å². The van der Waals surface area contributed by atoms with E-state index in [0.29, 0.717) is 42.9 Å². The number of nitrogens with one attached hydrogen (secondary N) is 1. The van der Waals surface area contributed by atoms with E-state index in [1.807, 2.05) is 0 Å². The number of aromatic nitrogens is 1. The van der Waals surface area contributed by atoms with Crippen LogP contribution in [0.15, 0.2) is 42.7 Å². The molecule has 0 aliphatic heterocycles. The van der Waals surface area contributed by atoms with Crippen molar-refractivity contribution in [1.29, 1.82) is 0 Å². The van der Waals surface area contributed by atoms with Gasteiger partial charge in [-0.25, -0.2) is 8.78 Å². The fourth-order valence-corrected chi connectivity index (χ4v) is 7.63. The van der Waals surface area contributed by atoms with Crippen LogP contribution in [-0.4, -0.2) is 40.4 Å². The highest BCUT2D eigenvalue weighted by molar-refractivity contribution is 6.74. The molecule has 0 amide bonds. The molecule has 0 radical (unpaired) electrons. The van der Waals surface area contributed by atoms with Gasteiger partial charge in [0.1, 0.15) is 23.5 Å². The normalized spacial score (nSPS) is 18.6. The van der Waals surface area contributed by atoms with Gasteiger partial charge in [-0.15, -0.1) is 0 Å². The number of rotatable bonds is 12. The quantitative estimate of drug-likeness (QED) is 0.150. The van der Waals surface area contributed by atoms with Crippen LogP contribution < -0.4 is 10.1 Å². The van der Waals surface area contributed by atoms with Gasteiger partial charge < -0.3 is 18.9 Å². The lowest BCUT2D eigenvalue weighted by molar-refractivity contribution is -0.140. The Morgan fingerprint density at radius 1 is 0.875 bits per heavy atom. The third kappa shape index (κ3) is 8.66. The van der Waals surface area contributed by atoms with Crippen molar-refractivity contribution in [1.82, 2.24) is 10.3 Å². The average molecular weight is 711 g/mol. The van der Waals surface area contributed by atoms with Crippen molar-refractivity contribution in [2.75, 3.05) is 6.61 Å². The van der Waals surface area contributed by atoms with Gasteiger partial charge in [0.25, 0.3) is 0 Å². The maximum absolute atomic E-state index is 16.2. The van der Waals surface area contributed by atoms with E-state index >= 15 is 4.39 Å². The first-order chi connectivity index (χ1) is 22.0. The smallest absolute Gasteiger partial charge is 0.419 e. The zero-order valence-electron chi connectivity index (χ0n) is 29.9. The second-order valence-electron chi connectivity index (χ2n) is 16.0. The van der Waals surface area contributed by atoms with Gasteiger partial charge in [-0.3, -0.25) is 4.98 Å². The van der Waals surface area contributed by atoms with Crippen molar-refractivity contribution >= 4 is 27.4 Å². The Hall–Kier alpha value is -2.39. The summed E-state index contributed by atoms with van der Waals surface area (Å²) >= 11 is 0. The molecule has 2 aromatic carbocycles. The van der Waals surface area contributed by atoms with E-state index in [-0.39, 0.29) is 34.2 Å². The van der Waals surface area contributed by atoms with Gasteiger partial charge in [0, 0.05) is 42.5 Å². The first-order valence-electron chi connectivity index (χ1n) is 16.7. The van der Waals surface area contributed by atoms with Crippen molar-refractivity contribution in [2.45, 2.75) is 128 Å². The summed E-state index contributed by atoms with van der Waals surface area (Å²) in [6.45, 7) is 22.6. The highest BCUT2D eigenvalue weighted by Gasteiger charge is 2.41. The molecule has 48 heavy (non-hydrogen) atoms. The first-order valence-corrected chi connectivity index (χ1v) is 22.5. The number of pyridine rings is 1. The zero-order valence-corrected chi connectivity index (χ0v) is 31.9. The highest BCUT2D eigenvalue weighted by Crippen LogP contribution is 2.43. The summed E-state index contributed by atoms with van der Waals surface area (Å²) < 4.78 is 88.9. The number of alkyl halides is 3. The van der Waals surface area contributed by atoms with Crippen LogP contribution in [-0.2, 0) is 21.6 Å². The number of hydrogen-bond donors (Lipinski definition) is 1. The minimum absolute atomic E-state index is 0.0513. The number of fused-ring (bicyclic) bond motifs is 1. The van der Waals surface area contributed by atoms with Crippen LogP contribution >= 0.6 is 0 Å². The van der Waals surface area contributed by atoms with E-state index in [2.05, 4.69) is 78.0 Å². The second-order valence-corrected chi connectivity index (χ2v) is 25.5. The molecule has 3 atom stereocenters. The van der Waals surface area contributed by atoms with Gasteiger partial charge in [0.05, 0.1) is 11.7 Å². The van der Waals surface area contributed by atoms with Crippen molar-refractivity contribution < 1.29 is 35.5 Å². The lowest BCUT2D eigenvalue weighted by Crippen LogP contribution is -2.50. The van der Waals surface area contributed by atoms with Crippen molar-refractivity contribution in [3.05, 3.63) is 71.1 Å². The van der Waals surface area contributed by atoms with Gasteiger partial charge in [0.2, 0.25) is 0 Å². The molecule has 1 fully saturated rings. The van der Waals surface area contributed by atoms with Crippen LogP contribution in [0, 0.1) is 11.6 Å². The van der Waals surface area contributed by atoms with E-state index in [4.69, 9.17) is 13.6 Å². The summed E-state index contributed by atoms with van der Waals surface area (Å²) in [5, 5.41) is 4.85. The molecule has 1 aliphatic carbocycles. The second kappa shape index (κ2) is 14.1. The van der Waals surface area contributed by atoms with Crippen LogP contribution in [0.1, 0.15) is 83.6 Å². The average Bonchev–Trinajstić information content (AvgIpc) is 2.94. The fraction of sp³-hybridized carbons (Fsp3) is 0.583. The molecule has 3 aromatic rings. The van der Waals surface area contributed by atoms with Crippen molar-refractivity contribution in [2.24, 2.45) is 0 Å². The molecular weight excluding hydrogens is 660 g/mol. The predicted molar refractivity (Wildman–Crippen MR) is 186 cm³/mol. The predicted octanol–water partition coefficient (Wildman–Crippen LogP) is 10.7. The largest absolute Gasteiger partial charge is 0.489 e. The van der Waals surface area contributed by atoms with Gasteiger partial charge in [-0.1, -0.05) is 41.5 Å². The zero-order chi connectivity index (χ0) is 35.9. The Morgan fingerprint density at radius 2 is 1.54 bits per heavy atom. The first kappa shape index (κ1) is 38.4. The molecular formula is C36H51F5N2O3Si2. The van der Waals surface area contributed by atoms with Crippen LogP contribution in [0.3, 0.4) is 0 Å². The molecule has 1 saturated carbocycles. The molecule has 1 aromatic heterocycles. The minimum atomic E-state index is -4.83. The topological polar surface area (TPSA) is 52.6 Å². The van der Waals surface area contributed by atoms with E-state index in [9.17, 15) is 17.6 Å². The summed E-state index contributed by atoms with van der Waals surface area (Å²) in [4.78, 5) is 4.40. The maximum atomic E-state index is 16.2. The summed E-state index contributed by atoms with van der Waals surface area (Å²) in [6.07, 6.45) is -0.392. The Morgan fingerprint density at radius 3 is 2.12 bits per heavy atom. The molecule has 0 bridgehead atoms. The number of ether oxygens (including phenoxy) is 1. The number of hydrogen-bond acceptors (Lipinski definition) is 5. The third-order valence-electron chi connectivity index (χ3n) is 10.5. The molecule has 4 rings (SSSR count). The molecule has 1 N–H and O–H groups in total. The number of benzene rings is 2.